The Labute approximate surface area is 414 Å². The number of carbonyl (C=O) groups is 2. The normalized spacial score (nSPS) is 24.8. The molecular formula is C54H60F5N9O4. The molecule has 3 unspecified atom stereocenters. The van der Waals surface area contributed by atoms with Gasteiger partial charge >= 0.3 is 6.01 Å². The molecule has 5 aromatic rings. The lowest BCUT2D eigenvalue weighted by Crippen LogP contribution is -2.60. The van der Waals surface area contributed by atoms with Gasteiger partial charge in [-0.25, -0.2) is 22.0 Å². The molecule has 2 saturated carbocycles. The number of ether oxygens (including phenoxy) is 1. The van der Waals surface area contributed by atoms with Crippen molar-refractivity contribution in [2.75, 3.05) is 81.9 Å². The summed E-state index contributed by atoms with van der Waals surface area (Å²) in [5.41, 5.74) is -0.749. The highest BCUT2D eigenvalue weighted by Crippen LogP contribution is 2.57. The first-order valence-electron chi connectivity index (χ1n) is 25.8. The number of nitrogens with zero attached hydrogens (tertiary/aromatic N) is 7. The number of piperidine rings is 2. The van der Waals surface area contributed by atoms with Crippen LogP contribution in [0.1, 0.15) is 88.2 Å². The van der Waals surface area contributed by atoms with E-state index in [1.807, 2.05) is 11.8 Å². The third kappa shape index (κ3) is 8.77. The number of rotatable bonds is 12. The van der Waals surface area contributed by atoms with Crippen LogP contribution in [0.15, 0.2) is 42.6 Å². The van der Waals surface area contributed by atoms with Crippen molar-refractivity contribution in [2.24, 2.45) is 10.8 Å². The number of phenols is 1. The number of piperazine rings is 2. The number of benzene rings is 3. The standard InChI is InChI=1S/C54H60F5N9O4/c1-2-36-40(55)7-3-31-19-35(69)22-38(44(31)36)47-46(58)48-39(23-60-47)49(68-24-32-4-5-33(25-68)61-32)64-51(63-48)72-30-53(9-10-53)28-65-15-17-66(18-16-65)29-54(59)26-52(27-54)11-13-67(14-12-52)34-20-41(56)45(42(57)21-34)37-6-8-43(70)62-50(37)71/h3,7,19-23,32-33,37,61,69H,2,4-6,8-18,24-30H2,1H3,(H,62,70,71). The van der Waals surface area contributed by atoms with Gasteiger partial charge in [0.2, 0.25) is 11.8 Å². The molecule has 2 aliphatic carbocycles. The number of fused-ring (bicyclic) bond motifs is 4. The highest BCUT2D eigenvalue weighted by atomic mass is 19.2. The van der Waals surface area contributed by atoms with Crippen LogP contribution >= 0.6 is 0 Å². The van der Waals surface area contributed by atoms with E-state index in [1.54, 1.807) is 18.3 Å². The van der Waals surface area contributed by atoms with Crippen molar-refractivity contribution in [3.05, 3.63) is 77.0 Å². The number of aromatic nitrogens is 3. The number of hydrogen-bond acceptors (Lipinski definition) is 12. The van der Waals surface area contributed by atoms with Crippen molar-refractivity contribution < 1.29 is 41.4 Å². The Morgan fingerprint density at radius 2 is 1.51 bits per heavy atom. The summed E-state index contributed by atoms with van der Waals surface area (Å²) < 4.78 is 85.9. The molecule has 2 amide bonds. The van der Waals surface area contributed by atoms with Crippen LogP contribution < -0.4 is 25.2 Å². The first-order chi connectivity index (χ1) is 34.7. The van der Waals surface area contributed by atoms with E-state index in [1.165, 1.54) is 24.3 Å². The summed E-state index contributed by atoms with van der Waals surface area (Å²) in [5.74, 6) is -4.41. The maximum absolute atomic E-state index is 17.2. The minimum atomic E-state index is -1.29. The molecule has 0 radical (unpaired) electrons. The average molecular weight is 994 g/mol. The van der Waals surface area contributed by atoms with Crippen LogP contribution in [0.4, 0.5) is 33.5 Å². The maximum Gasteiger partial charge on any atom is 0.319 e. The zero-order valence-electron chi connectivity index (χ0n) is 40.5. The van der Waals surface area contributed by atoms with Gasteiger partial charge in [0, 0.05) is 112 Å². The molecule has 3 atom stereocenters. The average Bonchev–Trinajstić information content (AvgIpc) is 4.03. The molecule has 2 bridgehead atoms. The van der Waals surface area contributed by atoms with E-state index < -0.39 is 46.7 Å². The second-order valence-corrected chi connectivity index (χ2v) is 22.2. The zero-order chi connectivity index (χ0) is 49.7. The summed E-state index contributed by atoms with van der Waals surface area (Å²) in [6.45, 7) is 8.95. The van der Waals surface area contributed by atoms with E-state index in [0.29, 0.717) is 91.8 Å². The van der Waals surface area contributed by atoms with Crippen molar-refractivity contribution in [3.8, 4) is 23.0 Å². The van der Waals surface area contributed by atoms with Crippen molar-refractivity contribution in [1.82, 2.24) is 35.4 Å². The van der Waals surface area contributed by atoms with Crippen molar-refractivity contribution >= 4 is 45.0 Å². The first kappa shape index (κ1) is 47.3. The molecular weight excluding hydrogens is 934 g/mol. The lowest BCUT2D eigenvalue weighted by Gasteiger charge is -2.57. The van der Waals surface area contributed by atoms with E-state index in [0.717, 1.165) is 71.2 Å². The number of pyridine rings is 1. The molecule has 5 aliphatic heterocycles. The molecule has 18 heteroatoms. The minimum Gasteiger partial charge on any atom is -0.508 e. The van der Waals surface area contributed by atoms with E-state index in [-0.39, 0.29) is 69.9 Å². The molecule has 3 N–H and O–H groups in total. The van der Waals surface area contributed by atoms with Gasteiger partial charge in [-0.2, -0.15) is 9.97 Å². The van der Waals surface area contributed by atoms with Crippen LogP contribution in [0.5, 0.6) is 11.8 Å². The molecule has 5 saturated heterocycles. The minimum absolute atomic E-state index is 0.0289. The number of alkyl halides is 1. The quantitative estimate of drug-likeness (QED) is 0.0835. The van der Waals surface area contributed by atoms with E-state index in [4.69, 9.17) is 14.7 Å². The molecule has 7 aliphatic rings. The lowest BCUT2D eigenvalue weighted by molar-refractivity contribution is -0.134. The number of carbonyl (C=O) groups excluding carboxylic acids is 2. The number of amides is 2. The Hall–Kier alpha value is -5.72. The van der Waals surface area contributed by atoms with Gasteiger partial charge in [0.05, 0.1) is 17.9 Å². The summed E-state index contributed by atoms with van der Waals surface area (Å²) in [6.07, 6.45) is 8.43. The lowest BCUT2D eigenvalue weighted by atomic mass is 9.55. The number of halogens is 5. The largest absolute Gasteiger partial charge is 0.508 e. The van der Waals surface area contributed by atoms with Gasteiger partial charge < -0.3 is 29.9 Å². The summed E-state index contributed by atoms with van der Waals surface area (Å²) in [6, 6.07) is 9.11. The Morgan fingerprint density at radius 1 is 0.819 bits per heavy atom. The predicted octanol–water partition coefficient (Wildman–Crippen LogP) is 7.70. The number of anilines is 2. The fourth-order valence-corrected chi connectivity index (χ4v) is 13.3. The predicted molar refractivity (Wildman–Crippen MR) is 262 cm³/mol. The molecule has 13 nitrogen and oxygen atoms in total. The Balaban J connectivity index is 0.679. The fourth-order valence-electron chi connectivity index (χ4n) is 13.3. The molecule has 2 aromatic heterocycles. The van der Waals surface area contributed by atoms with Crippen LogP contribution in [-0.4, -0.2) is 131 Å². The SMILES string of the molecule is CCc1c(F)ccc2cc(O)cc(-c3ncc4c(N5CC6CCC(C5)N6)nc(OCC5(CN6CCN(CC7(F)CC8(CCN(c9cc(F)c(C%10CCC(=O)NC%10=O)c(F)c9)CC8)C7)CC6)CC5)nc4c3F)c12. The second kappa shape index (κ2) is 18.0. The molecule has 12 rings (SSSR count). The molecule has 3 aromatic carbocycles. The summed E-state index contributed by atoms with van der Waals surface area (Å²) in [4.78, 5) is 47.0. The van der Waals surface area contributed by atoms with Crippen LogP contribution in [-0.2, 0) is 16.0 Å². The highest BCUT2D eigenvalue weighted by molar-refractivity contribution is 6.02. The number of phenolic OH excluding ortho intramolecular Hbond substituents is 1. The van der Waals surface area contributed by atoms with Gasteiger partial charge in [-0.3, -0.25) is 24.8 Å². The zero-order valence-corrected chi connectivity index (χ0v) is 40.5. The summed E-state index contributed by atoms with van der Waals surface area (Å²) in [5, 5.41) is 18.1. The van der Waals surface area contributed by atoms with Crippen molar-refractivity contribution in [3.63, 3.8) is 0 Å². The van der Waals surface area contributed by atoms with E-state index in [9.17, 15) is 14.7 Å². The maximum atomic E-state index is 17.2. The van der Waals surface area contributed by atoms with Gasteiger partial charge in [0.25, 0.3) is 0 Å². The van der Waals surface area contributed by atoms with Crippen molar-refractivity contribution in [2.45, 2.75) is 101 Å². The molecule has 380 valence electrons. The van der Waals surface area contributed by atoms with Crippen LogP contribution in [0.2, 0.25) is 0 Å². The van der Waals surface area contributed by atoms with E-state index in [2.05, 4.69) is 30.3 Å². The number of hydrogen-bond donors (Lipinski definition) is 3. The molecule has 7 fully saturated rings. The van der Waals surface area contributed by atoms with E-state index >= 15 is 22.0 Å². The third-order valence-corrected chi connectivity index (χ3v) is 17.1. The number of aryl methyl sites for hydroxylation is 1. The summed E-state index contributed by atoms with van der Waals surface area (Å²) in [7, 11) is 0. The van der Waals surface area contributed by atoms with Gasteiger partial charge in [0.1, 0.15) is 45.9 Å². The number of nitrogens with one attached hydrogen (secondary N) is 2. The number of imide groups is 1. The molecule has 7 heterocycles. The molecule has 1 spiro atoms. The summed E-state index contributed by atoms with van der Waals surface area (Å²) >= 11 is 0. The smallest absolute Gasteiger partial charge is 0.319 e. The highest BCUT2D eigenvalue weighted by Gasteiger charge is 2.56. The Morgan fingerprint density at radius 3 is 2.18 bits per heavy atom. The third-order valence-electron chi connectivity index (χ3n) is 17.1. The van der Waals surface area contributed by atoms with Crippen molar-refractivity contribution in [1.29, 1.82) is 0 Å². The second-order valence-electron chi connectivity index (χ2n) is 22.2. The van der Waals surface area contributed by atoms with Crippen LogP contribution in [0, 0.1) is 34.1 Å². The van der Waals surface area contributed by atoms with Gasteiger partial charge in [-0.05, 0) is 116 Å². The fraction of sp³-hybridized carbons (Fsp3) is 0.537. The Bertz CT molecular complexity index is 2950. The first-order valence-corrected chi connectivity index (χ1v) is 25.8. The monoisotopic (exact) mass is 993 g/mol. The van der Waals surface area contributed by atoms with Gasteiger partial charge in [0.15, 0.2) is 5.82 Å². The van der Waals surface area contributed by atoms with Crippen LogP contribution in [0.3, 0.4) is 0 Å². The molecule has 72 heavy (non-hydrogen) atoms. The van der Waals surface area contributed by atoms with Gasteiger partial charge in [-0.15, -0.1) is 0 Å². The Kier molecular flexibility index (Phi) is 11.8. The van der Waals surface area contributed by atoms with Gasteiger partial charge in [-0.1, -0.05) is 13.0 Å². The van der Waals surface area contributed by atoms with Crippen LogP contribution in [0.25, 0.3) is 32.9 Å². The number of aromatic hydroxyl groups is 1. The topological polar surface area (TPSA) is 139 Å².